The van der Waals surface area contributed by atoms with Gasteiger partial charge in [0.05, 0.1) is 17.2 Å². The molecule has 0 radical (unpaired) electrons. The first-order chi connectivity index (χ1) is 15.0. The lowest BCUT2D eigenvalue weighted by molar-refractivity contribution is -0.121. The molecule has 31 heavy (non-hydrogen) atoms. The summed E-state index contributed by atoms with van der Waals surface area (Å²) in [5.41, 5.74) is 4.62. The number of ether oxygens (including phenoxy) is 1. The summed E-state index contributed by atoms with van der Waals surface area (Å²) in [6, 6.07) is 16.0. The summed E-state index contributed by atoms with van der Waals surface area (Å²) in [6.45, 7) is 7.10. The maximum Gasteiger partial charge on any atom is 0.266 e. The molecule has 0 N–H and O–H groups in total. The molecule has 2 aromatic carbocycles. The predicted octanol–water partition coefficient (Wildman–Crippen LogP) is 5.47. The molecule has 0 aliphatic carbocycles. The van der Waals surface area contributed by atoms with Crippen molar-refractivity contribution in [2.45, 2.75) is 20.8 Å². The Morgan fingerprint density at radius 1 is 1.16 bits per heavy atom. The SMILES string of the molecule is CCOc1ccc(-c2nn(-c3ccccc3)cc2/C=C2\SC(=S)N(CC)C2=O)cc1C. The number of likely N-dealkylation sites (N-methyl/N-ethyl adjacent to an activating group) is 1. The molecule has 0 spiro atoms. The summed E-state index contributed by atoms with van der Waals surface area (Å²) in [5.74, 6) is 0.804. The summed E-state index contributed by atoms with van der Waals surface area (Å²) in [4.78, 5) is 15.0. The lowest BCUT2D eigenvalue weighted by Crippen LogP contribution is -2.27. The average molecular weight is 450 g/mol. The number of carbonyl (C=O) groups excluding carboxylic acids is 1. The number of benzene rings is 2. The number of carbonyl (C=O) groups is 1. The monoisotopic (exact) mass is 449 g/mol. The van der Waals surface area contributed by atoms with Crippen LogP contribution in [0.1, 0.15) is 25.0 Å². The van der Waals surface area contributed by atoms with Crippen molar-refractivity contribution in [3.8, 4) is 22.7 Å². The van der Waals surface area contributed by atoms with Crippen molar-refractivity contribution in [2.75, 3.05) is 13.2 Å². The van der Waals surface area contributed by atoms with Crippen molar-refractivity contribution in [1.29, 1.82) is 0 Å². The Hall–Kier alpha value is -2.90. The zero-order valence-electron chi connectivity index (χ0n) is 17.7. The lowest BCUT2D eigenvalue weighted by Gasteiger charge is -2.09. The molecular weight excluding hydrogens is 426 g/mol. The van der Waals surface area contributed by atoms with Gasteiger partial charge >= 0.3 is 0 Å². The molecule has 5 nitrogen and oxygen atoms in total. The van der Waals surface area contributed by atoms with E-state index in [1.165, 1.54) is 11.8 Å². The van der Waals surface area contributed by atoms with Crippen molar-refractivity contribution in [2.24, 2.45) is 0 Å². The molecule has 4 rings (SSSR count). The normalized spacial score (nSPS) is 15.2. The molecule has 0 saturated carbocycles. The number of para-hydroxylation sites is 1. The second-order valence-corrected chi connectivity index (χ2v) is 8.73. The summed E-state index contributed by atoms with van der Waals surface area (Å²) < 4.78 is 8.12. The first-order valence-electron chi connectivity index (χ1n) is 10.2. The maximum atomic E-state index is 12.8. The zero-order chi connectivity index (χ0) is 22.0. The van der Waals surface area contributed by atoms with Crippen LogP contribution in [0.3, 0.4) is 0 Å². The highest BCUT2D eigenvalue weighted by molar-refractivity contribution is 8.26. The van der Waals surface area contributed by atoms with Gasteiger partial charge in [-0.3, -0.25) is 9.69 Å². The molecule has 1 amide bonds. The van der Waals surface area contributed by atoms with Crippen molar-refractivity contribution in [1.82, 2.24) is 14.7 Å². The van der Waals surface area contributed by atoms with Gasteiger partial charge in [-0.25, -0.2) is 4.68 Å². The summed E-state index contributed by atoms with van der Waals surface area (Å²) >= 11 is 6.70. The van der Waals surface area contributed by atoms with Gasteiger partial charge in [0.1, 0.15) is 15.8 Å². The van der Waals surface area contributed by atoms with E-state index in [4.69, 9.17) is 22.1 Å². The van der Waals surface area contributed by atoms with E-state index in [9.17, 15) is 4.79 Å². The minimum Gasteiger partial charge on any atom is -0.494 e. The van der Waals surface area contributed by atoms with E-state index in [1.807, 2.05) is 80.2 Å². The fourth-order valence-electron chi connectivity index (χ4n) is 3.46. The Morgan fingerprint density at radius 2 is 1.94 bits per heavy atom. The second kappa shape index (κ2) is 9.08. The lowest BCUT2D eigenvalue weighted by atomic mass is 10.0. The van der Waals surface area contributed by atoms with Crippen LogP contribution in [0.25, 0.3) is 23.0 Å². The molecule has 7 heteroatoms. The number of thioether (sulfide) groups is 1. The number of hydrogen-bond acceptors (Lipinski definition) is 5. The Bertz CT molecular complexity index is 1170. The third-order valence-electron chi connectivity index (χ3n) is 4.99. The van der Waals surface area contributed by atoms with Gasteiger partial charge in [-0.2, -0.15) is 5.10 Å². The number of nitrogens with zero attached hydrogens (tertiary/aromatic N) is 3. The van der Waals surface area contributed by atoms with Gasteiger partial charge in [-0.15, -0.1) is 0 Å². The standard InChI is InChI=1S/C24H23N3O2S2/c1-4-26-23(28)21(31-24(26)30)14-18-15-27(19-9-7-6-8-10-19)25-22(18)17-11-12-20(29-5-2)16(3)13-17/h6-15H,4-5H2,1-3H3/b21-14-. The van der Waals surface area contributed by atoms with Gasteiger partial charge in [0, 0.05) is 23.9 Å². The minimum absolute atomic E-state index is 0.0567. The number of amides is 1. The third-order valence-corrected chi connectivity index (χ3v) is 6.37. The van der Waals surface area contributed by atoms with Gasteiger partial charge in [-0.1, -0.05) is 42.2 Å². The van der Waals surface area contributed by atoms with Gasteiger partial charge < -0.3 is 4.74 Å². The van der Waals surface area contributed by atoms with Gasteiger partial charge in [0.15, 0.2) is 0 Å². The summed E-state index contributed by atoms with van der Waals surface area (Å²) in [5, 5.41) is 4.86. The Morgan fingerprint density at radius 3 is 2.58 bits per heavy atom. The Kier molecular flexibility index (Phi) is 6.25. The quantitative estimate of drug-likeness (QED) is 0.369. The largest absolute Gasteiger partial charge is 0.494 e. The molecule has 1 aromatic heterocycles. The zero-order valence-corrected chi connectivity index (χ0v) is 19.3. The van der Waals surface area contributed by atoms with E-state index in [0.29, 0.717) is 22.4 Å². The van der Waals surface area contributed by atoms with Crippen LogP contribution in [-0.2, 0) is 4.79 Å². The van der Waals surface area contributed by atoms with Crippen molar-refractivity contribution < 1.29 is 9.53 Å². The molecule has 3 aromatic rings. The predicted molar refractivity (Wildman–Crippen MR) is 130 cm³/mol. The number of rotatable bonds is 6. The van der Waals surface area contributed by atoms with Crippen LogP contribution < -0.4 is 4.74 Å². The van der Waals surface area contributed by atoms with Gasteiger partial charge in [0.2, 0.25) is 0 Å². The molecule has 0 unspecified atom stereocenters. The van der Waals surface area contributed by atoms with Crippen LogP contribution >= 0.6 is 24.0 Å². The van der Waals surface area contributed by atoms with Crippen molar-refractivity contribution in [3.63, 3.8) is 0 Å². The molecule has 0 bridgehead atoms. The van der Waals surface area contributed by atoms with Crippen LogP contribution in [0.15, 0.2) is 59.6 Å². The van der Waals surface area contributed by atoms with Crippen LogP contribution in [-0.4, -0.2) is 38.1 Å². The first kappa shape index (κ1) is 21.3. The maximum absolute atomic E-state index is 12.8. The molecule has 1 aliphatic rings. The van der Waals surface area contributed by atoms with Gasteiger partial charge in [-0.05, 0) is 62.7 Å². The highest BCUT2D eigenvalue weighted by atomic mass is 32.2. The van der Waals surface area contributed by atoms with Crippen LogP contribution in [0.4, 0.5) is 0 Å². The Labute approximate surface area is 191 Å². The fourth-order valence-corrected chi connectivity index (χ4v) is 4.83. The molecular formula is C24H23N3O2S2. The molecule has 1 saturated heterocycles. The van der Waals surface area contributed by atoms with Crippen LogP contribution in [0, 0.1) is 6.92 Å². The van der Waals surface area contributed by atoms with E-state index >= 15 is 0 Å². The smallest absolute Gasteiger partial charge is 0.266 e. The van der Waals surface area contributed by atoms with E-state index in [-0.39, 0.29) is 5.91 Å². The highest BCUT2D eigenvalue weighted by Crippen LogP contribution is 2.35. The molecule has 1 fully saturated rings. The van der Waals surface area contributed by atoms with E-state index in [0.717, 1.165) is 33.8 Å². The summed E-state index contributed by atoms with van der Waals surface area (Å²) in [6.07, 6.45) is 3.84. The second-order valence-electron chi connectivity index (χ2n) is 7.05. The number of aromatic nitrogens is 2. The fraction of sp³-hybridized carbons (Fsp3) is 0.208. The molecule has 2 heterocycles. The van der Waals surface area contributed by atoms with Crippen molar-refractivity contribution >= 4 is 40.3 Å². The van der Waals surface area contributed by atoms with E-state index in [2.05, 4.69) is 6.07 Å². The molecule has 1 aliphatic heterocycles. The topological polar surface area (TPSA) is 47.4 Å². The number of thiocarbonyl (C=S) groups is 1. The minimum atomic E-state index is -0.0567. The highest BCUT2D eigenvalue weighted by Gasteiger charge is 2.31. The van der Waals surface area contributed by atoms with Gasteiger partial charge in [0.25, 0.3) is 5.91 Å². The van der Waals surface area contributed by atoms with Crippen molar-refractivity contribution in [3.05, 3.63) is 70.8 Å². The number of hydrogen-bond donors (Lipinski definition) is 0. The number of aryl methyl sites for hydroxylation is 1. The van der Waals surface area contributed by atoms with E-state index in [1.54, 1.807) is 4.90 Å². The summed E-state index contributed by atoms with van der Waals surface area (Å²) in [7, 11) is 0. The van der Waals surface area contributed by atoms with Crippen LogP contribution in [0.5, 0.6) is 5.75 Å². The average Bonchev–Trinajstić information content (AvgIpc) is 3.31. The van der Waals surface area contributed by atoms with E-state index < -0.39 is 0 Å². The van der Waals surface area contributed by atoms with Crippen LogP contribution in [0.2, 0.25) is 0 Å². The molecule has 158 valence electrons. The Balaban J connectivity index is 1.82. The first-order valence-corrected chi connectivity index (χ1v) is 11.4. The molecule has 0 atom stereocenters. The third kappa shape index (κ3) is 4.29.